The number of nitriles is 1. The maximum Gasteiger partial charge on any atom is 0.573 e. The van der Waals surface area contributed by atoms with Crippen molar-refractivity contribution in [2.24, 2.45) is 0 Å². The number of hydrogen-bond donors (Lipinski definition) is 1. The van der Waals surface area contributed by atoms with Crippen molar-refractivity contribution >= 4 is 11.6 Å². The van der Waals surface area contributed by atoms with Gasteiger partial charge >= 0.3 is 6.36 Å². The number of halogens is 3. The van der Waals surface area contributed by atoms with E-state index >= 15 is 0 Å². The zero-order valence-corrected chi connectivity index (χ0v) is 11.0. The lowest BCUT2D eigenvalue weighted by Gasteiger charge is -2.10. The maximum absolute atomic E-state index is 12.1. The van der Waals surface area contributed by atoms with Gasteiger partial charge in [0.25, 0.3) is 5.91 Å². The number of benzene rings is 2. The second kappa shape index (κ2) is 6.18. The molecule has 2 aromatic rings. The van der Waals surface area contributed by atoms with Crippen LogP contribution in [-0.4, -0.2) is 12.3 Å². The van der Waals surface area contributed by atoms with Crippen molar-refractivity contribution < 1.29 is 22.7 Å². The normalized spacial score (nSPS) is 10.6. The summed E-state index contributed by atoms with van der Waals surface area (Å²) in [4.78, 5) is 12.0. The Morgan fingerprint density at radius 3 is 2.41 bits per heavy atom. The van der Waals surface area contributed by atoms with Crippen LogP contribution >= 0.6 is 0 Å². The first kappa shape index (κ1) is 15.4. The molecule has 7 heteroatoms. The third-order valence-electron chi connectivity index (χ3n) is 2.60. The average Bonchev–Trinajstić information content (AvgIpc) is 2.46. The number of carbonyl (C=O) groups excluding carboxylic acids is 1. The second-order valence-electron chi connectivity index (χ2n) is 4.22. The predicted octanol–water partition coefficient (Wildman–Crippen LogP) is 3.71. The van der Waals surface area contributed by atoms with Crippen molar-refractivity contribution in [1.82, 2.24) is 0 Å². The van der Waals surface area contributed by atoms with Crippen molar-refractivity contribution in [3.8, 4) is 11.8 Å². The molecule has 0 fully saturated rings. The molecule has 0 saturated heterocycles. The molecule has 0 aliphatic rings. The molecule has 22 heavy (non-hydrogen) atoms. The van der Waals surface area contributed by atoms with E-state index < -0.39 is 18.0 Å². The first-order valence-corrected chi connectivity index (χ1v) is 6.05. The van der Waals surface area contributed by atoms with E-state index in [0.29, 0.717) is 5.56 Å². The summed E-state index contributed by atoms with van der Waals surface area (Å²) in [7, 11) is 0. The van der Waals surface area contributed by atoms with Crippen LogP contribution in [0.5, 0.6) is 5.75 Å². The molecule has 1 amide bonds. The second-order valence-corrected chi connectivity index (χ2v) is 4.22. The molecule has 4 nitrogen and oxygen atoms in total. The van der Waals surface area contributed by atoms with E-state index in [1.165, 1.54) is 36.4 Å². The summed E-state index contributed by atoms with van der Waals surface area (Å²) in [5.41, 5.74) is 0.842. The van der Waals surface area contributed by atoms with Crippen LogP contribution in [0.25, 0.3) is 0 Å². The minimum Gasteiger partial charge on any atom is -0.406 e. The van der Waals surface area contributed by atoms with Crippen LogP contribution in [0.1, 0.15) is 15.9 Å². The maximum atomic E-state index is 12.1. The number of rotatable bonds is 3. The fourth-order valence-electron chi connectivity index (χ4n) is 1.67. The molecule has 0 unspecified atom stereocenters. The van der Waals surface area contributed by atoms with Gasteiger partial charge in [0.15, 0.2) is 0 Å². The average molecular weight is 306 g/mol. The summed E-state index contributed by atoms with van der Waals surface area (Å²) in [5, 5.41) is 11.1. The van der Waals surface area contributed by atoms with Crippen molar-refractivity contribution in [1.29, 1.82) is 5.26 Å². The molecule has 0 atom stereocenters. The Labute approximate surface area is 123 Å². The highest BCUT2D eigenvalue weighted by Gasteiger charge is 2.31. The Kier molecular flexibility index (Phi) is 4.32. The zero-order chi connectivity index (χ0) is 16.2. The number of nitrogens with zero attached hydrogens (tertiary/aromatic N) is 1. The third-order valence-corrected chi connectivity index (χ3v) is 2.60. The molecule has 0 radical (unpaired) electrons. The number of alkyl halides is 3. The summed E-state index contributed by atoms with van der Waals surface area (Å²) in [6.07, 6.45) is -4.80. The minimum atomic E-state index is -4.80. The number of nitrogens with one attached hydrogen (secondary N) is 1. The lowest BCUT2D eigenvalue weighted by molar-refractivity contribution is -0.274. The van der Waals surface area contributed by atoms with E-state index in [-0.39, 0.29) is 11.3 Å². The Morgan fingerprint density at radius 1 is 1.14 bits per heavy atom. The van der Waals surface area contributed by atoms with Crippen molar-refractivity contribution in [2.75, 3.05) is 5.32 Å². The summed E-state index contributed by atoms with van der Waals surface area (Å²) in [6, 6.07) is 12.7. The van der Waals surface area contributed by atoms with Gasteiger partial charge in [-0.05, 0) is 36.4 Å². The van der Waals surface area contributed by atoms with Crippen molar-refractivity contribution in [2.45, 2.75) is 6.36 Å². The summed E-state index contributed by atoms with van der Waals surface area (Å²) < 4.78 is 40.2. The van der Waals surface area contributed by atoms with Crippen molar-refractivity contribution in [3.63, 3.8) is 0 Å². The van der Waals surface area contributed by atoms with Crippen LogP contribution < -0.4 is 10.1 Å². The van der Waals surface area contributed by atoms with Crippen LogP contribution in [0.3, 0.4) is 0 Å². The molecular weight excluding hydrogens is 297 g/mol. The fourth-order valence-corrected chi connectivity index (χ4v) is 1.67. The van der Waals surface area contributed by atoms with Gasteiger partial charge in [-0.2, -0.15) is 5.26 Å². The number of anilines is 1. The van der Waals surface area contributed by atoms with Crippen molar-refractivity contribution in [3.05, 3.63) is 59.7 Å². The van der Waals surface area contributed by atoms with E-state index in [0.717, 1.165) is 12.1 Å². The highest BCUT2D eigenvalue weighted by molar-refractivity contribution is 6.04. The molecule has 0 saturated carbocycles. The molecule has 0 bridgehead atoms. The smallest absolute Gasteiger partial charge is 0.406 e. The van der Waals surface area contributed by atoms with Gasteiger partial charge in [0.1, 0.15) is 5.75 Å². The van der Waals surface area contributed by atoms with Gasteiger partial charge < -0.3 is 10.1 Å². The van der Waals surface area contributed by atoms with Crippen LogP contribution in [0.4, 0.5) is 18.9 Å². The third kappa shape index (κ3) is 4.24. The number of amides is 1. The first-order valence-electron chi connectivity index (χ1n) is 6.05. The molecule has 0 aliphatic carbocycles. The summed E-state index contributed by atoms with van der Waals surface area (Å²) in [5.74, 6) is -0.932. The van der Waals surface area contributed by atoms with Crippen LogP contribution in [0.15, 0.2) is 48.5 Å². The van der Waals surface area contributed by atoms with Gasteiger partial charge in [-0.15, -0.1) is 13.2 Å². The molecule has 1 N–H and O–H groups in total. The van der Waals surface area contributed by atoms with Crippen LogP contribution in [0.2, 0.25) is 0 Å². The van der Waals surface area contributed by atoms with E-state index in [1.54, 1.807) is 0 Å². The molecule has 0 aliphatic heterocycles. The molecule has 112 valence electrons. The van der Waals surface area contributed by atoms with Gasteiger partial charge in [0.2, 0.25) is 0 Å². The molecule has 0 heterocycles. The standard InChI is InChI=1S/C15H9F3N2O2/c16-15(17,18)22-13-3-1-2-12(8-13)20-14(21)11-6-4-10(9-19)5-7-11/h1-8H,(H,20,21). The number of carbonyl (C=O) groups is 1. The van der Waals surface area contributed by atoms with Gasteiger partial charge in [-0.1, -0.05) is 6.07 Å². The highest BCUT2D eigenvalue weighted by atomic mass is 19.4. The van der Waals surface area contributed by atoms with Gasteiger partial charge in [-0.25, -0.2) is 0 Å². The van der Waals surface area contributed by atoms with E-state index in [2.05, 4.69) is 10.1 Å². The molecular formula is C15H9F3N2O2. The number of hydrogen-bond acceptors (Lipinski definition) is 3. The number of ether oxygens (including phenoxy) is 1. The highest BCUT2D eigenvalue weighted by Crippen LogP contribution is 2.25. The molecule has 0 spiro atoms. The topological polar surface area (TPSA) is 62.1 Å². The van der Waals surface area contributed by atoms with Crippen LogP contribution in [0, 0.1) is 11.3 Å². The Balaban J connectivity index is 2.11. The minimum absolute atomic E-state index is 0.163. The van der Waals surface area contributed by atoms with E-state index in [4.69, 9.17) is 5.26 Å². The molecule has 2 rings (SSSR count). The predicted molar refractivity (Wildman–Crippen MR) is 72.2 cm³/mol. The lowest BCUT2D eigenvalue weighted by atomic mass is 10.1. The molecule has 0 aromatic heterocycles. The fraction of sp³-hybridized carbons (Fsp3) is 0.0667. The molecule has 2 aromatic carbocycles. The van der Waals surface area contributed by atoms with Gasteiger partial charge in [0, 0.05) is 17.3 Å². The Morgan fingerprint density at radius 2 is 1.82 bits per heavy atom. The lowest BCUT2D eigenvalue weighted by Crippen LogP contribution is -2.17. The summed E-state index contributed by atoms with van der Waals surface area (Å²) in [6.45, 7) is 0. The largest absolute Gasteiger partial charge is 0.573 e. The zero-order valence-electron chi connectivity index (χ0n) is 11.0. The van der Waals surface area contributed by atoms with E-state index in [9.17, 15) is 18.0 Å². The summed E-state index contributed by atoms with van der Waals surface area (Å²) >= 11 is 0. The monoisotopic (exact) mass is 306 g/mol. The SMILES string of the molecule is N#Cc1ccc(C(=O)Nc2cccc(OC(F)(F)F)c2)cc1. The van der Waals surface area contributed by atoms with Crippen LogP contribution in [-0.2, 0) is 0 Å². The Hall–Kier alpha value is -3.01. The van der Waals surface area contributed by atoms with Gasteiger partial charge in [0.05, 0.1) is 11.6 Å². The van der Waals surface area contributed by atoms with E-state index in [1.807, 2.05) is 6.07 Å². The van der Waals surface area contributed by atoms with Gasteiger partial charge in [-0.3, -0.25) is 4.79 Å². The Bertz CT molecular complexity index is 719. The first-order chi connectivity index (χ1) is 10.4. The quantitative estimate of drug-likeness (QED) is 0.940.